The second kappa shape index (κ2) is 9.39. The number of nitrogens with zero attached hydrogens (tertiary/aromatic N) is 1. The Morgan fingerprint density at radius 2 is 1.88 bits per heavy atom. The molecule has 10 heteroatoms. The maximum atomic E-state index is 12.5. The van der Waals surface area contributed by atoms with Gasteiger partial charge >= 0.3 is 6.03 Å². The number of benzene rings is 1. The van der Waals surface area contributed by atoms with Crippen molar-refractivity contribution in [3.05, 3.63) is 18.2 Å². The average Bonchev–Trinajstić information content (AvgIpc) is 2.56. The van der Waals surface area contributed by atoms with Crippen molar-refractivity contribution in [3.63, 3.8) is 0 Å². The first kappa shape index (κ1) is 21.7. The van der Waals surface area contributed by atoms with E-state index in [1.54, 1.807) is 26.8 Å². The highest BCUT2D eigenvalue weighted by Gasteiger charge is 2.24. The van der Waals surface area contributed by atoms with Crippen LogP contribution in [0.15, 0.2) is 23.1 Å². The molecule has 0 aliphatic carbocycles. The third-order valence-corrected chi connectivity index (χ3v) is 5.19. The monoisotopic (exact) mass is 386 g/mol. The van der Waals surface area contributed by atoms with Crippen LogP contribution in [0.4, 0.5) is 10.5 Å². The fourth-order valence-electron chi connectivity index (χ4n) is 2.01. The summed E-state index contributed by atoms with van der Waals surface area (Å²) in [7, 11) is -0.883. The first-order valence-electron chi connectivity index (χ1n) is 8.18. The van der Waals surface area contributed by atoms with Crippen molar-refractivity contribution in [1.82, 2.24) is 14.9 Å². The molecular weight excluding hydrogens is 360 g/mol. The molecule has 26 heavy (non-hydrogen) atoms. The zero-order chi connectivity index (χ0) is 19.9. The number of anilines is 1. The number of hydrogen-bond donors (Lipinski definition) is 3. The zero-order valence-corrected chi connectivity index (χ0v) is 16.4. The summed E-state index contributed by atoms with van der Waals surface area (Å²) in [6.45, 7) is 5.76. The lowest BCUT2D eigenvalue weighted by Gasteiger charge is -2.19. The summed E-state index contributed by atoms with van der Waals surface area (Å²) in [5.41, 5.74) is 0.410. The molecular formula is C16H26N4O5S. The van der Waals surface area contributed by atoms with Gasteiger partial charge in [0.1, 0.15) is 16.7 Å². The lowest BCUT2D eigenvalue weighted by molar-refractivity contribution is -0.120. The van der Waals surface area contributed by atoms with Gasteiger partial charge in [-0.3, -0.25) is 10.1 Å². The van der Waals surface area contributed by atoms with Gasteiger partial charge in [-0.15, -0.1) is 0 Å². The van der Waals surface area contributed by atoms with Gasteiger partial charge in [-0.2, -0.15) is 0 Å². The molecule has 1 aromatic rings. The Balaban J connectivity index is 3.04. The van der Waals surface area contributed by atoms with E-state index < -0.39 is 28.0 Å². The summed E-state index contributed by atoms with van der Waals surface area (Å²) < 4.78 is 31.5. The number of hydrogen-bond acceptors (Lipinski definition) is 6. The maximum Gasteiger partial charge on any atom is 0.321 e. The van der Waals surface area contributed by atoms with Crippen LogP contribution in [0.25, 0.3) is 0 Å². The highest BCUT2D eigenvalue weighted by atomic mass is 32.2. The fourth-order valence-corrected chi connectivity index (χ4v) is 3.06. The standard InChI is InChI=1S/C16H26N4O5S/c1-6-17-16(22)19-15(21)11(3)18-12-8-9-13(25-7-2)14(10-12)26(23,24)20(4)5/h8-11,18H,6-7H2,1-5H3,(H2,17,19,21,22)/t11-/m1/s1. The number of ether oxygens (including phenoxy) is 1. The number of nitrogens with one attached hydrogen (secondary N) is 3. The van der Waals surface area contributed by atoms with Gasteiger partial charge in [0.15, 0.2) is 0 Å². The number of rotatable bonds is 8. The van der Waals surface area contributed by atoms with Crippen LogP contribution >= 0.6 is 0 Å². The molecule has 0 saturated heterocycles. The van der Waals surface area contributed by atoms with Gasteiger partial charge in [-0.25, -0.2) is 17.5 Å². The van der Waals surface area contributed by atoms with Gasteiger partial charge in [0, 0.05) is 26.3 Å². The lowest BCUT2D eigenvalue weighted by atomic mass is 10.2. The third-order valence-electron chi connectivity index (χ3n) is 3.35. The van der Waals surface area contributed by atoms with Crippen molar-refractivity contribution in [3.8, 4) is 5.75 Å². The van der Waals surface area contributed by atoms with Crippen LogP contribution < -0.4 is 20.7 Å². The van der Waals surface area contributed by atoms with Crippen LogP contribution in [0.1, 0.15) is 20.8 Å². The normalized spacial score (nSPS) is 12.4. The topological polar surface area (TPSA) is 117 Å². The van der Waals surface area contributed by atoms with Gasteiger partial charge in [-0.1, -0.05) is 0 Å². The van der Waals surface area contributed by atoms with Crippen molar-refractivity contribution < 1.29 is 22.7 Å². The summed E-state index contributed by atoms with van der Waals surface area (Å²) in [6.07, 6.45) is 0. The van der Waals surface area contributed by atoms with E-state index >= 15 is 0 Å². The van der Waals surface area contributed by atoms with E-state index in [4.69, 9.17) is 4.74 Å². The van der Waals surface area contributed by atoms with Crippen LogP contribution in [-0.4, -0.2) is 58.0 Å². The molecule has 1 rings (SSSR count). The largest absolute Gasteiger partial charge is 0.492 e. The summed E-state index contributed by atoms with van der Waals surface area (Å²) in [6, 6.07) is 3.18. The van der Waals surface area contributed by atoms with E-state index in [9.17, 15) is 18.0 Å². The van der Waals surface area contributed by atoms with Gasteiger partial charge in [0.05, 0.1) is 6.61 Å². The number of amides is 3. The van der Waals surface area contributed by atoms with E-state index in [-0.39, 0.29) is 10.6 Å². The molecule has 9 nitrogen and oxygen atoms in total. The quantitative estimate of drug-likeness (QED) is 0.613. The van der Waals surface area contributed by atoms with Gasteiger partial charge < -0.3 is 15.4 Å². The minimum absolute atomic E-state index is 0.00863. The van der Waals surface area contributed by atoms with Crippen molar-refractivity contribution in [2.45, 2.75) is 31.7 Å². The molecule has 146 valence electrons. The number of sulfonamides is 1. The highest BCUT2D eigenvalue weighted by Crippen LogP contribution is 2.29. The number of urea groups is 1. The first-order chi connectivity index (χ1) is 12.1. The Morgan fingerprint density at radius 3 is 2.42 bits per heavy atom. The molecule has 0 unspecified atom stereocenters. The minimum Gasteiger partial charge on any atom is -0.492 e. The van der Waals surface area contributed by atoms with Gasteiger partial charge in [-0.05, 0) is 39.0 Å². The summed E-state index contributed by atoms with van der Waals surface area (Å²) in [5.74, 6) is -0.312. The Bertz CT molecular complexity index is 749. The molecule has 0 fully saturated rings. The summed E-state index contributed by atoms with van der Waals surface area (Å²) >= 11 is 0. The SMILES string of the molecule is CCNC(=O)NC(=O)[C@@H](C)Nc1ccc(OCC)c(S(=O)(=O)N(C)C)c1. The fraction of sp³-hybridized carbons (Fsp3) is 0.500. The smallest absolute Gasteiger partial charge is 0.321 e. The van der Waals surface area contributed by atoms with E-state index in [1.807, 2.05) is 0 Å². The minimum atomic E-state index is -3.73. The molecule has 1 aromatic carbocycles. The van der Waals surface area contributed by atoms with Gasteiger partial charge in [0.2, 0.25) is 15.9 Å². The van der Waals surface area contributed by atoms with E-state index in [1.165, 1.54) is 26.2 Å². The van der Waals surface area contributed by atoms with Crippen molar-refractivity contribution in [2.75, 3.05) is 32.6 Å². The Hall–Kier alpha value is -2.33. The van der Waals surface area contributed by atoms with Crippen molar-refractivity contribution >= 4 is 27.6 Å². The molecule has 1 atom stereocenters. The summed E-state index contributed by atoms with van der Waals surface area (Å²) in [4.78, 5) is 23.4. The first-order valence-corrected chi connectivity index (χ1v) is 9.62. The van der Waals surface area contributed by atoms with Crippen LogP contribution in [0, 0.1) is 0 Å². The number of carbonyl (C=O) groups excluding carboxylic acids is 2. The predicted molar refractivity (Wildman–Crippen MR) is 98.8 cm³/mol. The highest BCUT2D eigenvalue weighted by molar-refractivity contribution is 7.89. The molecule has 0 aromatic heterocycles. The van der Waals surface area contributed by atoms with E-state index in [0.29, 0.717) is 18.8 Å². The Labute approximate surface area is 154 Å². The molecule has 0 aliphatic rings. The molecule has 0 saturated carbocycles. The Morgan fingerprint density at radius 1 is 1.23 bits per heavy atom. The molecule has 3 amide bonds. The third kappa shape index (κ3) is 5.60. The number of imide groups is 1. The summed E-state index contributed by atoms with van der Waals surface area (Å²) in [5, 5.41) is 7.53. The molecule has 0 spiro atoms. The lowest BCUT2D eigenvalue weighted by Crippen LogP contribution is -2.45. The maximum absolute atomic E-state index is 12.5. The molecule has 0 aliphatic heterocycles. The second-order valence-electron chi connectivity index (χ2n) is 5.60. The second-order valence-corrected chi connectivity index (χ2v) is 7.72. The average molecular weight is 386 g/mol. The van der Waals surface area contributed by atoms with Crippen LogP contribution in [-0.2, 0) is 14.8 Å². The van der Waals surface area contributed by atoms with Crippen molar-refractivity contribution in [1.29, 1.82) is 0 Å². The Kier molecular flexibility index (Phi) is 7.84. The van der Waals surface area contributed by atoms with Gasteiger partial charge in [0.25, 0.3) is 0 Å². The molecule has 0 radical (unpaired) electrons. The predicted octanol–water partition coefficient (Wildman–Crippen LogP) is 0.982. The molecule has 0 bridgehead atoms. The zero-order valence-electron chi connectivity index (χ0n) is 15.6. The molecule has 0 heterocycles. The van der Waals surface area contributed by atoms with E-state index in [0.717, 1.165) is 4.31 Å². The van der Waals surface area contributed by atoms with Crippen LogP contribution in [0.5, 0.6) is 5.75 Å². The molecule has 3 N–H and O–H groups in total. The van der Waals surface area contributed by atoms with Crippen LogP contribution in [0.3, 0.4) is 0 Å². The van der Waals surface area contributed by atoms with Crippen LogP contribution in [0.2, 0.25) is 0 Å². The number of carbonyl (C=O) groups is 2. The van der Waals surface area contributed by atoms with E-state index in [2.05, 4.69) is 16.0 Å². The van der Waals surface area contributed by atoms with Crippen molar-refractivity contribution in [2.24, 2.45) is 0 Å².